The van der Waals surface area contributed by atoms with Crippen LogP contribution in [0.3, 0.4) is 0 Å². The third kappa shape index (κ3) is 3.91. The van der Waals surface area contributed by atoms with E-state index in [-0.39, 0.29) is 5.78 Å². The van der Waals surface area contributed by atoms with Crippen LogP contribution in [-0.2, 0) is 14.3 Å². The van der Waals surface area contributed by atoms with Crippen molar-refractivity contribution in [2.24, 2.45) is 0 Å². The summed E-state index contributed by atoms with van der Waals surface area (Å²) in [5.74, 6) is 1.80. The minimum Gasteiger partial charge on any atom is -0.482 e. The summed E-state index contributed by atoms with van der Waals surface area (Å²) < 4.78 is 12.3. The van der Waals surface area contributed by atoms with Gasteiger partial charge in [-0.1, -0.05) is 13.2 Å². The number of ether oxygens (including phenoxy) is 2. The second-order valence-electron chi connectivity index (χ2n) is 7.68. The molecule has 0 N–H and O–H groups in total. The summed E-state index contributed by atoms with van der Waals surface area (Å²) in [5, 5.41) is 0. The van der Waals surface area contributed by atoms with Crippen molar-refractivity contribution < 1.29 is 14.3 Å². The highest BCUT2D eigenvalue weighted by atomic mass is 16.5. The van der Waals surface area contributed by atoms with Crippen LogP contribution in [0.5, 0.6) is 0 Å². The van der Waals surface area contributed by atoms with E-state index in [2.05, 4.69) is 13.2 Å². The molecule has 3 heteroatoms. The van der Waals surface area contributed by atoms with E-state index in [4.69, 9.17) is 9.47 Å². The van der Waals surface area contributed by atoms with E-state index in [0.29, 0.717) is 0 Å². The Morgan fingerprint density at radius 1 is 0.800 bits per heavy atom. The van der Waals surface area contributed by atoms with Gasteiger partial charge in [-0.2, -0.15) is 0 Å². The standard InChI is InChI=1S/C22H30O3/c1-14(2)21(16-8-5-9-16)24-18-12-7-13-19(20(18)23)25-22(15(3)4)17-10-6-11-17/h18-19H,1,3,5-13H2,2,4H3. The maximum Gasteiger partial charge on any atom is 0.213 e. The fourth-order valence-electron chi connectivity index (χ4n) is 3.63. The molecule has 3 nitrogen and oxygen atoms in total. The van der Waals surface area contributed by atoms with Crippen molar-refractivity contribution in [3.05, 3.63) is 47.0 Å². The first kappa shape index (κ1) is 18.0. The molecular weight excluding hydrogens is 312 g/mol. The van der Waals surface area contributed by atoms with Crippen LogP contribution in [0.1, 0.15) is 71.6 Å². The molecule has 0 saturated heterocycles. The topological polar surface area (TPSA) is 35.5 Å². The molecule has 0 aromatic heterocycles. The van der Waals surface area contributed by atoms with Crippen molar-refractivity contribution in [1.29, 1.82) is 0 Å². The molecule has 0 bridgehead atoms. The third-order valence-corrected chi connectivity index (χ3v) is 5.42. The van der Waals surface area contributed by atoms with Gasteiger partial charge in [0.15, 0.2) is 12.2 Å². The van der Waals surface area contributed by atoms with E-state index >= 15 is 0 Å². The fraction of sp³-hybridized carbons (Fsp3) is 0.591. The highest BCUT2D eigenvalue weighted by Crippen LogP contribution is 2.36. The van der Waals surface area contributed by atoms with Gasteiger partial charge in [0.05, 0.1) is 0 Å². The number of ketones is 1. The Labute approximate surface area is 151 Å². The first-order valence-corrected chi connectivity index (χ1v) is 9.60. The van der Waals surface area contributed by atoms with Gasteiger partial charge in [-0.05, 0) is 93.9 Å². The number of allylic oxidation sites excluding steroid dienone is 4. The van der Waals surface area contributed by atoms with Crippen molar-refractivity contribution >= 4 is 5.78 Å². The van der Waals surface area contributed by atoms with Crippen LogP contribution in [0.4, 0.5) is 0 Å². The van der Waals surface area contributed by atoms with Crippen molar-refractivity contribution in [2.75, 3.05) is 0 Å². The average Bonchev–Trinajstić information content (AvgIpc) is 2.45. The smallest absolute Gasteiger partial charge is 0.213 e. The Kier molecular flexibility index (Phi) is 5.51. The van der Waals surface area contributed by atoms with E-state index in [1.54, 1.807) is 0 Å². The van der Waals surface area contributed by atoms with Gasteiger partial charge in [-0.15, -0.1) is 0 Å². The SMILES string of the molecule is C=C(C)C(OC1CCCC(OC(C(=C)C)=C2CCC2)C1=O)=C1CCC1. The molecule has 3 saturated carbocycles. The van der Waals surface area contributed by atoms with E-state index in [1.807, 2.05) is 13.8 Å². The highest BCUT2D eigenvalue weighted by Gasteiger charge is 2.36. The van der Waals surface area contributed by atoms with Gasteiger partial charge in [0.2, 0.25) is 5.78 Å². The van der Waals surface area contributed by atoms with Gasteiger partial charge >= 0.3 is 0 Å². The fourth-order valence-corrected chi connectivity index (χ4v) is 3.63. The van der Waals surface area contributed by atoms with Crippen LogP contribution in [-0.4, -0.2) is 18.0 Å². The maximum absolute atomic E-state index is 12.9. The molecular formula is C22H30O3. The van der Waals surface area contributed by atoms with E-state index in [9.17, 15) is 4.79 Å². The first-order chi connectivity index (χ1) is 12.0. The predicted octanol–water partition coefficient (Wildman–Crippen LogP) is 5.54. The Morgan fingerprint density at radius 3 is 1.48 bits per heavy atom. The molecule has 136 valence electrons. The molecule has 0 aromatic rings. The van der Waals surface area contributed by atoms with E-state index in [1.165, 1.54) is 24.0 Å². The number of carbonyl (C=O) groups excluding carboxylic acids is 1. The Morgan fingerprint density at radius 2 is 1.20 bits per heavy atom. The second kappa shape index (κ2) is 7.63. The van der Waals surface area contributed by atoms with E-state index in [0.717, 1.165) is 67.6 Å². The third-order valence-electron chi connectivity index (χ3n) is 5.42. The van der Waals surface area contributed by atoms with Gasteiger partial charge in [0.1, 0.15) is 11.5 Å². The summed E-state index contributed by atoms with van der Waals surface area (Å²) in [6.45, 7) is 12.0. The van der Waals surface area contributed by atoms with Crippen LogP contribution in [0.15, 0.2) is 47.0 Å². The lowest BCUT2D eigenvalue weighted by Gasteiger charge is -2.33. The summed E-state index contributed by atoms with van der Waals surface area (Å²) in [6, 6.07) is 0. The first-order valence-electron chi connectivity index (χ1n) is 9.60. The van der Waals surface area contributed by atoms with Crippen molar-refractivity contribution in [3.8, 4) is 0 Å². The van der Waals surface area contributed by atoms with Crippen LogP contribution < -0.4 is 0 Å². The molecule has 2 atom stereocenters. The molecule has 0 spiro atoms. The highest BCUT2D eigenvalue weighted by molar-refractivity contribution is 5.88. The summed E-state index contributed by atoms with van der Waals surface area (Å²) in [5.41, 5.74) is 4.46. The molecule has 0 radical (unpaired) electrons. The molecule has 3 fully saturated rings. The average molecular weight is 342 g/mol. The zero-order valence-electron chi connectivity index (χ0n) is 15.7. The van der Waals surface area contributed by atoms with Gasteiger partial charge in [-0.25, -0.2) is 0 Å². The van der Waals surface area contributed by atoms with Crippen LogP contribution in [0.2, 0.25) is 0 Å². The number of hydrogen-bond acceptors (Lipinski definition) is 3. The van der Waals surface area contributed by atoms with Gasteiger partial charge in [0.25, 0.3) is 0 Å². The molecule has 2 unspecified atom stereocenters. The maximum atomic E-state index is 12.9. The number of hydrogen-bond donors (Lipinski definition) is 0. The summed E-state index contributed by atoms with van der Waals surface area (Å²) in [4.78, 5) is 12.9. The minimum atomic E-state index is -0.406. The van der Waals surface area contributed by atoms with Crippen molar-refractivity contribution in [1.82, 2.24) is 0 Å². The lowest BCUT2D eigenvalue weighted by Crippen LogP contribution is -2.40. The molecule has 0 aliphatic heterocycles. The molecule has 0 heterocycles. The van der Waals surface area contributed by atoms with Gasteiger partial charge in [-0.3, -0.25) is 4.79 Å². The van der Waals surface area contributed by atoms with Crippen LogP contribution >= 0.6 is 0 Å². The second-order valence-corrected chi connectivity index (χ2v) is 7.68. The lowest BCUT2D eigenvalue weighted by molar-refractivity contribution is -0.141. The van der Waals surface area contributed by atoms with Crippen molar-refractivity contribution in [3.63, 3.8) is 0 Å². The summed E-state index contributed by atoms with van der Waals surface area (Å²) >= 11 is 0. The number of rotatable bonds is 6. The van der Waals surface area contributed by atoms with E-state index < -0.39 is 12.2 Å². The minimum absolute atomic E-state index is 0.0728. The Bertz CT molecular complexity index is 584. The largest absolute Gasteiger partial charge is 0.482 e. The van der Waals surface area contributed by atoms with Gasteiger partial charge in [0, 0.05) is 0 Å². The molecule has 0 aromatic carbocycles. The quantitative estimate of drug-likeness (QED) is 0.595. The normalized spacial score (nSPS) is 25.6. The molecule has 25 heavy (non-hydrogen) atoms. The van der Waals surface area contributed by atoms with Gasteiger partial charge < -0.3 is 9.47 Å². The Hall–Kier alpha value is -1.77. The number of carbonyl (C=O) groups is 1. The van der Waals surface area contributed by atoms with Crippen LogP contribution in [0.25, 0.3) is 0 Å². The predicted molar refractivity (Wildman–Crippen MR) is 100.0 cm³/mol. The molecule has 0 amide bonds. The lowest BCUT2D eigenvalue weighted by atomic mass is 9.88. The zero-order chi connectivity index (χ0) is 18.0. The molecule has 3 aliphatic rings. The zero-order valence-corrected chi connectivity index (χ0v) is 15.7. The monoisotopic (exact) mass is 342 g/mol. The molecule has 3 aliphatic carbocycles. The van der Waals surface area contributed by atoms with Crippen LogP contribution in [0, 0.1) is 0 Å². The summed E-state index contributed by atoms with van der Waals surface area (Å²) in [7, 11) is 0. The molecule has 3 rings (SSSR count). The summed E-state index contributed by atoms with van der Waals surface area (Å²) in [6.07, 6.45) is 8.33. The Balaban J connectivity index is 1.70. The number of Topliss-reactive ketones (excluding diaryl/α,β-unsaturated/α-hetero) is 1. The van der Waals surface area contributed by atoms with Crippen molar-refractivity contribution in [2.45, 2.75) is 83.8 Å².